The molecule has 1 N–H and O–H groups in total. The predicted octanol–water partition coefficient (Wildman–Crippen LogP) is 2.50. The summed E-state index contributed by atoms with van der Waals surface area (Å²) in [6.45, 7) is 9.70. The third-order valence-corrected chi connectivity index (χ3v) is 5.15. The second-order valence-corrected chi connectivity index (χ2v) is 6.32. The zero-order chi connectivity index (χ0) is 13.4. The summed E-state index contributed by atoms with van der Waals surface area (Å²) in [5, 5.41) is 4.73. The first-order chi connectivity index (χ1) is 9.22. The van der Waals surface area contributed by atoms with Crippen molar-refractivity contribution in [2.45, 2.75) is 33.2 Å². The van der Waals surface area contributed by atoms with Crippen molar-refractivity contribution in [3.8, 4) is 0 Å². The van der Waals surface area contributed by atoms with Crippen molar-refractivity contribution < 1.29 is 0 Å². The van der Waals surface area contributed by atoms with E-state index in [2.05, 4.69) is 41.0 Å². The van der Waals surface area contributed by atoms with Gasteiger partial charge in [-0.3, -0.25) is 0 Å². The van der Waals surface area contributed by atoms with Crippen LogP contribution >= 0.6 is 11.3 Å². The van der Waals surface area contributed by atoms with Crippen LogP contribution in [0.1, 0.15) is 23.8 Å². The predicted molar refractivity (Wildman–Crippen MR) is 81.2 cm³/mol. The van der Waals surface area contributed by atoms with E-state index in [4.69, 9.17) is 0 Å². The van der Waals surface area contributed by atoms with Gasteiger partial charge in [-0.1, -0.05) is 6.92 Å². The Hall–Kier alpha value is -1.20. The van der Waals surface area contributed by atoms with Crippen molar-refractivity contribution in [3.05, 3.63) is 16.8 Å². The van der Waals surface area contributed by atoms with E-state index in [0.717, 1.165) is 36.7 Å². The molecule has 1 aliphatic rings. The van der Waals surface area contributed by atoms with Crippen molar-refractivity contribution in [1.29, 1.82) is 0 Å². The lowest BCUT2D eigenvalue weighted by Gasteiger charge is -2.37. The molecule has 4 nitrogen and oxygen atoms in total. The van der Waals surface area contributed by atoms with Gasteiger partial charge in [0.05, 0.1) is 5.39 Å². The Morgan fingerprint density at radius 3 is 3.05 bits per heavy atom. The third kappa shape index (κ3) is 2.11. The Morgan fingerprint density at radius 1 is 1.42 bits per heavy atom. The summed E-state index contributed by atoms with van der Waals surface area (Å²) in [4.78, 5) is 14.0. The maximum Gasteiger partial charge on any atom is 0.141 e. The Bertz CT molecular complexity index is 592. The van der Waals surface area contributed by atoms with Gasteiger partial charge < -0.3 is 10.2 Å². The fraction of sp³-hybridized carbons (Fsp3) is 0.571. The van der Waals surface area contributed by atoms with Gasteiger partial charge in [0.15, 0.2) is 0 Å². The van der Waals surface area contributed by atoms with Crippen LogP contribution < -0.4 is 10.2 Å². The molecule has 0 saturated carbocycles. The molecule has 1 saturated heterocycles. The van der Waals surface area contributed by atoms with Crippen molar-refractivity contribution in [2.75, 3.05) is 24.5 Å². The molecule has 0 aliphatic carbocycles. The number of nitrogens with zero attached hydrogens (tertiary/aromatic N) is 3. The highest BCUT2D eigenvalue weighted by molar-refractivity contribution is 7.18. The van der Waals surface area contributed by atoms with Crippen LogP contribution in [0.15, 0.2) is 6.33 Å². The summed E-state index contributed by atoms with van der Waals surface area (Å²) in [5.74, 6) is 1.13. The Balaban J connectivity index is 2.13. The lowest BCUT2D eigenvalue weighted by Crippen LogP contribution is -2.51. The number of nitrogens with one attached hydrogen (secondary N) is 1. The Labute approximate surface area is 117 Å². The van der Waals surface area contributed by atoms with Crippen molar-refractivity contribution in [2.24, 2.45) is 0 Å². The van der Waals surface area contributed by atoms with Gasteiger partial charge in [0.2, 0.25) is 0 Å². The van der Waals surface area contributed by atoms with Crippen LogP contribution in [0.25, 0.3) is 10.2 Å². The third-order valence-electron chi connectivity index (χ3n) is 4.04. The normalized spacial score (nSPS) is 20.2. The second-order valence-electron chi connectivity index (χ2n) is 5.12. The number of anilines is 1. The van der Waals surface area contributed by atoms with Crippen LogP contribution in [0, 0.1) is 13.8 Å². The monoisotopic (exact) mass is 276 g/mol. The standard InChI is InChI=1S/C14H20N4S/c1-4-11-7-15-5-6-18(11)13-12-9(2)10(3)19-14(12)17-8-16-13/h8,11,15H,4-7H2,1-3H3. The van der Waals surface area contributed by atoms with E-state index in [0.29, 0.717) is 6.04 Å². The molecule has 0 radical (unpaired) electrons. The maximum atomic E-state index is 4.60. The van der Waals surface area contributed by atoms with Crippen LogP contribution in [-0.2, 0) is 0 Å². The fourth-order valence-corrected chi connectivity index (χ4v) is 3.78. The number of hydrogen-bond donors (Lipinski definition) is 1. The lowest BCUT2D eigenvalue weighted by atomic mass is 10.1. The Kier molecular flexibility index (Phi) is 3.41. The number of thiophene rings is 1. The fourth-order valence-electron chi connectivity index (χ4n) is 2.79. The number of aromatic nitrogens is 2. The first-order valence-electron chi connectivity index (χ1n) is 6.90. The highest BCUT2D eigenvalue weighted by Gasteiger charge is 2.25. The summed E-state index contributed by atoms with van der Waals surface area (Å²) in [6.07, 6.45) is 2.85. The largest absolute Gasteiger partial charge is 0.350 e. The summed E-state index contributed by atoms with van der Waals surface area (Å²) in [5.41, 5.74) is 1.34. The molecule has 1 aliphatic heterocycles. The van der Waals surface area contributed by atoms with E-state index in [1.54, 1.807) is 17.7 Å². The minimum atomic E-state index is 0.534. The molecule has 102 valence electrons. The average Bonchev–Trinajstić information content (AvgIpc) is 2.74. The number of piperazine rings is 1. The van der Waals surface area contributed by atoms with Gasteiger partial charge in [-0.25, -0.2) is 9.97 Å². The molecule has 1 atom stereocenters. The first-order valence-corrected chi connectivity index (χ1v) is 7.72. The van der Waals surface area contributed by atoms with E-state index in [1.807, 2.05) is 0 Å². The van der Waals surface area contributed by atoms with Crippen LogP contribution in [0.5, 0.6) is 0 Å². The molecule has 0 bridgehead atoms. The summed E-state index contributed by atoms with van der Waals surface area (Å²) in [6, 6.07) is 0.534. The van der Waals surface area contributed by atoms with E-state index >= 15 is 0 Å². The lowest BCUT2D eigenvalue weighted by molar-refractivity contribution is 0.464. The molecule has 1 fully saturated rings. The van der Waals surface area contributed by atoms with Crippen LogP contribution in [-0.4, -0.2) is 35.6 Å². The molecule has 0 spiro atoms. The molecule has 2 aromatic rings. The van der Waals surface area contributed by atoms with Gasteiger partial charge in [-0.15, -0.1) is 11.3 Å². The van der Waals surface area contributed by atoms with Gasteiger partial charge in [0.25, 0.3) is 0 Å². The van der Waals surface area contributed by atoms with Gasteiger partial charge in [0, 0.05) is 30.6 Å². The maximum absolute atomic E-state index is 4.60. The molecule has 1 unspecified atom stereocenters. The molecule has 0 aromatic carbocycles. The van der Waals surface area contributed by atoms with Crippen LogP contribution in [0.2, 0.25) is 0 Å². The van der Waals surface area contributed by atoms with E-state index in [-0.39, 0.29) is 0 Å². The first kappa shape index (κ1) is 12.8. The molecular weight excluding hydrogens is 256 g/mol. The van der Waals surface area contributed by atoms with Crippen molar-refractivity contribution >= 4 is 27.4 Å². The summed E-state index contributed by atoms with van der Waals surface area (Å²) >= 11 is 1.77. The molecule has 19 heavy (non-hydrogen) atoms. The van der Waals surface area contributed by atoms with Crippen molar-refractivity contribution in [3.63, 3.8) is 0 Å². The van der Waals surface area contributed by atoms with Gasteiger partial charge in [-0.2, -0.15) is 0 Å². The quantitative estimate of drug-likeness (QED) is 0.915. The molecule has 2 aromatic heterocycles. The number of rotatable bonds is 2. The van der Waals surface area contributed by atoms with Crippen molar-refractivity contribution in [1.82, 2.24) is 15.3 Å². The summed E-state index contributed by atoms with van der Waals surface area (Å²) in [7, 11) is 0. The number of aryl methyl sites for hydroxylation is 2. The topological polar surface area (TPSA) is 41.0 Å². The highest BCUT2D eigenvalue weighted by Crippen LogP contribution is 2.35. The smallest absolute Gasteiger partial charge is 0.141 e. The van der Waals surface area contributed by atoms with E-state index < -0.39 is 0 Å². The zero-order valence-electron chi connectivity index (χ0n) is 11.7. The zero-order valence-corrected chi connectivity index (χ0v) is 12.5. The van der Waals surface area contributed by atoms with Gasteiger partial charge in [0.1, 0.15) is 17.0 Å². The molecule has 5 heteroatoms. The van der Waals surface area contributed by atoms with Gasteiger partial charge in [-0.05, 0) is 25.8 Å². The van der Waals surface area contributed by atoms with E-state index in [1.165, 1.54) is 15.8 Å². The average molecular weight is 276 g/mol. The Morgan fingerprint density at radius 2 is 2.26 bits per heavy atom. The van der Waals surface area contributed by atoms with E-state index in [9.17, 15) is 0 Å². The minimum absolute atomic E-state index is 0.534. The molecular formula is C14H20N4S. The molecule has 0 amide bonds. The highest BCUT2D eigenvalue weighted by atomic mass is 32.1. The second kappa shape index (κ2) is 5.06. The minimum Gasteiger partial charge on any atom is -0.350 e. The van der Waals surface area contributed by atoms with Crippen LogP contribution in [0.3, 0.4) is 0 Å². The number of fused-ring (bicyclic) bond motifs is 1. The van der Waals surface area contributed by atoms with Crippen LogP contribution in [0.4, 0.5) is 5.82 Å². The molecule has 3 heterocycles. The van der Waals surface area contributed by atoms with Gasteiger partial charge >= 0.3 is 0 Å². The SMILES string of the molecule is CCC1CNCCN1c1ncnc2sc(C)c(C)c12. The molecule has 3 rings (SSSR count). The summed E-state index contributed by atoms with van der Waals surface area (Å²) < 4.78 is 0. The number of hydrogen-bond acceptors (Lipinski definition) is 5.